The fraction of sp³-hybridized carbons (Fsp3) is 0.533. The zero-order valence-corrected chi connectivity index (χ0v) is 12.3. The van der Waals surface area contributed by atoms with Gasteiger partial charge in [0, 0.05) is 6.04 Å². The van der Waals surface area contributed by atoms with E-state index in [9.17, 15) is 4.79 Å². The van der Waals surface area contributed by atoms with Crippen LogP contribution < -0.4 is 14.8 Å². The molecule has 1 aromatic carbocycles. The van der Waals surface area contributed by atoms with Crippen molar-refractivity contribution in [2.75, 3.05) is 13.7 Å². The van der Waals surface area contributed by atoms with Crippen LogP contribution in [0.2, 0.25) is 0 Å². The molecule has 2 N–H and O–H groups in total. The van der Waals surface area contributed by atoms with Crippen LogP contribution in [0.15, 0.2) is 18.2 Å². The molecule has 1 aromatic rings. The highest BCUT2D eigenvalue weighted by molar-refractivity contribution is 5.77. The zero-order chi connectivity index (χ0) is 15.0. The highest BCUT2D eigenvalue weighted by Crippen LogP contribution is 2.27. The molecular weight excluding hydrogens is 258 g/mol. The summed E-state index contributed by atoms with van der Waals surface area (Å²) in [5.41, 5.74) is 0.709. The highest BCUT2D eigenvalue weighted by Gasteiger charge is 2.11. The van der Waals surface area contributed by atoms with Crippen molar-refractivity contribution in [3.8, 4) is 11.5 Å². The Balaban J connectivity index is 2.62. The number of methoxy groups -OCH3 is 1. The smallest absolute Gasteiger partial charge is 0.258 e. The predicted molar refractivity (Wildman–Crippen MR) is 76.9 cm³/mol. The van der Waals surface area contributed by atoms with Crippen LogP contribution in [0.1, 0.15) is 32.3 Å². The first-order valence-corrected chi connectivity index (χ1v) is 6.84. The molecule has 0 saturated heterocycles. The number of nitrogens with one attached hydrogen (secondary N) is 1. The number of carbonyl (C=O) groups excluding carboxylic acids is 1. The van der Waals surface area contributed by atoms with Gasteiger partial charge in [-0.25, -0.2) is 0 Å². The monoisotopic (exact) mass is 281 g/mol. The molecule has 0 aliphatic carbocycles. The quantitative estimate of drug-likeness (QED) is 0.763. The summed E-state index contributed by atoms with van der Waals surface area (Å²) in [7, 11) is 1.53. The summed E-state index contributed by atoms with van der Waals surface area (Å²) < 4.78 is 10.6. The fourth-order valence-corrected chi connectivity index (χ4v) is 1.84. The predicted octanol–water partition coefficient (Wildman–Crippen LogP) is 1.87. The number of aliphatic hydroxyl groups is 1. The molecule has 5 heteroatoms. The van der Waals surface area contributed by atoms with E-state index < -0.39 is 0 Å². The van der Waals surface area contributed by atoms with Crippen LogP contribution in [0, 0.1) is 0 Å². The highest BCUT2D eigenvalue weighted by atomic mass is 16.5. The van der Waals surface area contributed by atoms with Crippen LogP contribution in [0.4, 0.5) is 0 Å². The summed E-state index contributed by atoms with van der Waals surface area (Å²) in [6, 6.07) is 5.30. The third kappa shape index (κ3) is 4.74. The van der Waals surface area contributed by atoms with Gasteiger partial charge in [0.05, 0.1) is 13.7 Å². The van der Waals surface area contributed by atoms with Crippen molar-refractivity contribution in [3.05, 3.63) is 23.8 Å². The molecule has 0 fully saturated rings. The lowest BCUT2D eigenvalue weighted by Crippen LogP contribution is -2.37. The van der Waals surface area contributed by atoms with Crippen molar-refractivity contribution < 1.29 is 19.4 Å². The molecule has 5 nitrogen and oxygen atoms in total. The molecule has 0 unspecified atom stereocenters. The molecule has 0 atom stereocenters. The summed E-state index contributed by atoms with van der Waals surface area (Å²) in [6.45, 7) is 3.91. The Kier molecular flexibility index (Phi) is 6.87. The van der Waals surface area contributed by atoms with E-state index in [0.29, 0.717) is 17.1 Å². The average molecular weight is 281 g/mol. The van der Waals surface area contributed by atoms with E-state index in [2.05, 4.69) is 5.32 Å². The number of carbonyl (C=O) groups is 1. The third-order valence-corrected chi connectivity index (χ3v) is 3.12. The molecule has 1 rings (SSSR count). The van der Waals surface area contributed by atoms with Crippen molar-refractivity contribution >= 4 is 5.91 Å². The van der Waals surface area contributed by atoms with Gasteiger partial charge in [0.15, 0.2) is 18.1 Å². The Morgan fingerprint density at radius 3 is 2.55 bits per heavy atom. The molecule has 0 heterocycles. The van der Waals surface area contributed by atoms with E-state index in [4.69, 9.17) is 14.6 Å². The number of aliphatic hydroxyl groups excluding tert-OH is 1. The second kappa shape index (κ2) is 8.43. The van der Waals surface area contributed by atoms with Crippen LogP contribution >= 0.6 is 0 Å². The van der Waals surface area contributed by atoms with Gasteiger partial charge in [0.1, 0.15) is 0 Å². The molecule has 0 bridgehead atoms. The van der Waals surface area contributed by atoms with Crippen LogP contribution in [0.25, 0.3) is 0 Å². The van der Waals surface area contributed by atoms with Crippen molar-refractivity contribution in [3.63, 3.8) is 0 Å². The fourth-order valence-electron chi connectivity index (χ4n) is 1.84. The van der Waals surface area contributed by atoms with Crippen molar-refractivity contribution in [2.45, 2.75) is 39.3 Å². The molecule has 0 saturated carbocycles. The third-order valence-electron chi connectivity index (χ3n) is 3.12. The Hall–Kier alpha value is -1.75. The van der Waals surface area contributed by atoms with Crippen LogP contribution in [-0.2, 0) is 11.4 Å². The standard InChI is InChI=1S/C15H23NO4/c1-4-12(5-2)16-15(18)10-20-14-8-11(9-17)6-7-13(14)19-3/h6-8,12,17H,4-5,9-10H2,1-3H3,(H,16,18). The molecular formula is C15H23NO4. The van der Waals surface area contributed by atoms with E-state index >= 15 is 0 Å². The van der Waals surface area contributed by atoms with Crippen molar-refractivity contribution in [1.82, 2.24) is 5.32 Å². The van der Waals surface area contributed by atoms with Gasteiger partial charge in [-0.3, -0.25) is 4.79 Å². The Morgan fingerprint density at radius 1 is 1.30 bits per heavy atom. The van der Waals surface area contributed by atoms with E-state index in [1.165, 1.54) is 7.11 Å². The summed E-state index contributed by atoms with van der Waals surface area (Å²) in [5.74, 6) is 0.839. The minimum absolute atomic E-state index is 0.0677. The Morgan fingerprint density at radius 2 is 2.00 bits per heavy atom. The average Bonchev–Trinajstić information content (AvgIpc) is 2.50. The molecule has 0 aliphatic rings. The molecule has 0 aromatic heterocycles. The van der Waals surface area contributed by atoms with Gasteiger partial charge >= 0.3 is 0 Å². The first kappa shape index (κ1) is 16.3. The summed E-state index contributed by atoms with van der Waals surface area (Å²) in [6.07, 6.45) is 1.79. The molecule has 20 heavy (non-hydrogen) atoms. The van der Waals surface area contributed by atoms with Crippen LogP contribution in [-0.4, -0.2) is 30.8 Å². The summed E-state index contributed by atoms with van der Waals surface area (Å²) >= 11 is 0. The minimum atomic E-state index is -0.157. The van der Waals surface area contributed by atoms with Gasteiger partial charge in [-0.1, -0.05) is 19.9 Å². The normalized spacial score (nSPS) is 10.4. The number of amides is 1. The lowest BCUT2D eigenvalue weighted by atomic mass is 10.2. The first-order chi connectivity index (χ1) is 9.64. The Labute approximate surface area is 119 Å². The SMILES string of the molecule is CCC(CC)NC(=O)COc1cc(CO)ccc1OC. The molecule has 1 amide bonds. The van der Waals surface area contributed by atoms with Crippen LogP contribution in [0.3, 0.4) is 0 Å². The number of hydrogen-bond donors (Lipinski definition) is 2. The lowest BCUT2D eigenvalue weighted by molar-refractivity contribution is -0.123. The molecule has 0 radical (unpaired) electrons. The minimum Gasteiger partial charge on any atom is -0.493 e. The maximum absolute atomic E-state index is 11.8. The maximum Gasteiger partial charge on any atom is 0.258 e. The van der Waals surface area contributed by atoms with Gasteiger partial charge in [0.2, 0.25) is 0 Å². The van der Waals surface area contributed by atoms with Crippen molar-refractivity contribution in [2.24, 2.45) is 0 Å². The van der Waals surface area contributed by atoms with Gasteiger partial charge in [-0.2, -0.15) is 0 Å². The largest absolute Gasteiger partial charge is 0.493 e. The van der Waals surface area contributed by atoms with E-state index in [-0.39, 0.29) is 25.2 Å². The lowest BCUT2D eigenvalue weighted by Gasteiger charge is -2.16. The number of ether oxygens (including phenoxy) is 2. The van der Waals surface area contributed by atoms with Crippen molar-refractivity contribution in [1.29, 1.82) is 0 Å². The van der Waals surface area contributed by atoms with E-state index in [0.717, 1.165) is 12.8 Å². The molecule has 112 valence electrons. The summed E-state index contributed by atoms with van der Waals surface area (Å²) in [4.78, 5) is 11.8. The van der Waals surface area contributed by atoms with Gasteiger partial charge in [-0.15, -0.1) is 0 Å². The number of rotatable bonds is 8. The van der Waals surface area contributed by atoms with Gasteiger partial charge in [0.25, 0.3) is 5.91 Å². The zero-order valence-electron chi connectivity index (χ0n) is 12.3. The Bertz CT molecular complexity index is 430. The topological polar surface area (TPSA) is 67.8 Å². The van der Waals surface area contributed by atoms with E-state index in [1.54, 1.807) is 18.2 Å². The second-order valence-corrected chi connectivity index (χ2v) is 4.51. The second-order valence-electron chi connectivity index (χ2n) is 4.51. The molecule has 0 spiro atoms. The first-order valence-electron chi connectivity index (χ1n) is 6.84. The van der Waals surface area contributed by atoms with E-state index in [1.807, 2.05) is 13.8 Å². The van der Waals surface area contributed by atoms with Gasteiger partial charge in [-0.05, 0) is 30.5 Å². The van der Waals surface area contributed by atoms with Crippen LogP contribution in [0.5, 0.6) is 11.5 Å². The number of hydrogen-bond acceptors (Lipinski definition) is 4. The van der Waals surface area contributed by atoms with Gasteiger partial charge < -0.3 is 19.9 Å². The molecule has 0 aliphatic heterocycles. The number of benzene rings is 1. The summed E-state index contributed by atoms with van der Waals surface area (Å²) in [5, 5.41) is 12.0. The maximum atomic E-state index is 11.8.